The minimum absolute atomic E-state index is 0.121. The fraction of sp³-hybridized carbons (Fsp3) is 0.231. The van der Waals surface area contributed by atoms with Crippen molar-refractivity contribution in [1.82, 2.24) is 4.90 Å². The number of carbonyl (C=O) groups excluding carboxylic acids is 2. The Bertz CT molecular complexity index is 608. The van der Waals surface area contributed by atoms with Crippen LogP contribution in [0.15, 0.2) is 24.3 Å². The number of imide groups is 1. The lowest BCUT2D eigenvalue weighted by atomic mass is 10.1. The van der Waals surface area contributed by atoms with Crippen molar-refractivity contribution in [2.45, 2.75) is 17.3 Å². The second kappa shape index (κ2) is 5.65. The number of carboxylic acids is 2. The molecule has 8 heteroatoms. The van der Waals surface area contributed by atoms with Crippen LogP contribution in [0.2, 0.25) is 0 Å². The van der Waals surface area contributed by atoms with Gasteiger partial charge in [0, 0.05) is 6.42 Å². The maximum atomic E-state index is 12.2. The highest BCUT2D eigenvalue weighted by molar-refractivity contribution is 9.10. The van der Waals surface area contributed by atoms with Gasteiger partial charge in [0.25, 0.3) is 11.8 Å². The van der Waals surface area contributed by atoms with Crippen molar-refractivity contribution < 1.29 is 29.4 Å². The molecule has 1 aliphatic rings. The summed E-state index contributed by atoms with van der Waals surface area (Å²) in [6, 6.07) is 4.44. The molecule has 0 saturated heterocycles. The van der Waals surface area contributed by atoms with Crippen LogP contribution in [0.3, 0.4) is 0 Å². The molecule has 7 nitrogen and oxygen atoms in total. The molecule has 0 saturated carbocycles. The first-order chi connectivity index (χ1) is 9.84. The normalized spacial score (nSPS) is 16.5. The van der Waals surface area contributed by atoms with E-state index in [0.29, 0.717) is 4.90 Å². The topological polar surface area (TPSA) is 112 Å². The van der Waals surface area contributed by atoms with Crippen LogP contribution in [0.1, 0.15) is 27.1 Å². The molecule has 21 heavy (non-hydrogen) atoms. The van der Waals surface area contributed by atoms with Gasteiger partial charge in [0.15, 0.2) is 0 Å². The van der Waals surface area contributed by atoms with E-state index in [1.165, 1.54) is 12.1 Å². The number of aliphatic carboxylic acids is 2. The zero-order valence-corrected chi connectivity index (χ0v) is 12.1. The maximum Gasteiger partial charge on any atom is 0.327 e. The Morgan fingerprint density at radius 1 is 1.05 bits per heavy atom. The average molecular weight is 356 g/mol. The van der Waals surface area contributed by atoms with Crippen LogP contribution in [-0.2, 0) is 9.59 Å². The van der Waals surface area contributed by atoms with Crippen molar-refractivity contribution in [2.75, 3.05) is 0 Å². The molecule has 2 amide bonds. The van der Waals surface area contributed by atoms with Gasteiger partial charge in [-0.25, -0.2) is 4.79 Å². The summed E-state index contributed by atoms with van der Waals surface area (Å²) in [5.41, 5.74) is 0.241. The molecule has 0 fully saturated rings. The van der Waals surface area contributed by atoms with E-state index in [1.54, 1.807) is 12.1 Å². The number of hydrogen-bond acceptors (Lipinski definition) is 4. The Labute approximate surface area is 127 Å². The van der Waals surface area contributed by atoms with Crippen LogP contribution in [0.4, 0.5) is 0 Å². The fourth-order valence-electron chi connectivity index (χ4n) is 2.10. The molecule has 1 aromatic carbocycles. The van der Waals surface area contributed by atoms with Crippen LogP contribution in [0.5, 0.6) is 0 Å². The number of rotatable bonds is 5. The highest BCUT2D eigenvalue weighted by Gasteiger charge is 2.43. The Balaban J connectivity index is 2.35. The van der Waals surface area contributed by atoms with Crippen molar-refractivity contribution in [3.63, 3.8) is 0 Å². The quantitative estimate of drug-likeness (QED) is 0.601. The van der Waals surface area contributed by atoms with Crippen molar-refractivity contribution >= 4 is 39.7 Å². The van der Waals surface area contributed by atoms with Gasteiger partial charge in [-0.1, -0.05) is 28.1 Å². The zero-order valence-electron chi connectivity index (χ0n) is 10.5. The summed E-state index contributed by atoms with van der Waals surface area (Å²) in [5.74, 6) is -4.16. The number of carbonyl (C=O) groups is 4. The van der Waals surface area contributed by atoms with E-state index < -0.39 is 41.0 Å². The third-order valence-electron chi connectivity index (χ3n) is 3.12. The molecule has 2 atom stereocenters. The highest BCUT2D eigenvalue weighted by atomic mass is 79.9. The average Bonchev–Trinajstić information content (AvgIpc) is 2.68. The minimum Gasteiger partial charge on any atom is -0.480 e. The van der Waals surface area contributed by atoms with E-state index in [9.17, 15) is 24.3 Å². The summed E-state index contributed by atoms with van der Waals surface area (Å²) in [5, 5.41) is 18.1. The van der Waals surface area contributed by atoms with E-state index in [0.717, 1.165) is 0 Å². The van der Waals surface area contributed by atoms with E-state index in [4.69, 9.17) is 5.11 Å². The van der Waals surface area contributed by atoms with Crippen LogP contribution in [-0.4, -0.2) is 49.7 Å². The number of alkyl halides is 1. The molecule has 0 radical (unpaired) electrons. The standard InChI is InChI=1S/C13H10BrNO6/c14-8(12(18)19)5-9(13(20)21)15-10(16)6-3-1-2-4-7(6)11(15)17/h1-4,8-9H,5H2,(H,18,19)(H,20,21)/t8-,9+/m1/s1. The van der Waals surface area contributed by atoms with Crippen molar-refractivity contribution in [2.24, 2.45) is 0 Å². The Morgan fingerprint density at radius 3 is 1.90 bits per heavy atom. The Hall–Kier alpha value is -2.22. The number of fused-ring (bicyclic) bond motifs is 1. The summed E-state index contributed by atoms with van der Waals surface area (Å²) in [4.78, 5) is 45.9. The maximum absolute atomic E-state index is 12.2. The van der Waals surface area contributed by atoms with Gasteiger partial charge in [-0.3, -0.25) is 19.3 Å². The third-order valence-corrected chi connectivity index (χ3v) is 3.89. The molecule has 1 heterocycles. The van der Waals surface area contributed by atoms with Gasteiger partial charge in [-0.2, -0.15) is 0 Å². The number of amides is 2. The van der Waals surface area contributed by atoms with Crippen molar-refractivity contribution in [3.8, 4) is 0 Å². The summed E-state index contributed by atoms with van der Waals surface area (Å²) in [6.45, 7) is 0. The Morgan fingerprint density at radius 2 is 1.52 bits per heavy atom. The van der Waals surface area contributed by atoms with Crippen LogP contribution >= 0.6 is 15.9 Å². The van der Waals surface area contributed by atoms with Crippen LogP contribution in [0.25, 0.3) is 0 Å². The molecular weight excluding hydrogens is 346 g/mol. The second-order valence-corrected chi connectivity index (χ2v) is 5.53. The van der Waals surface area contributed by atoms with Gasteiger partial charge in [0.05, 0.1) is 11.1 Å². The van der Waals surface area contributed by atoms with Gasteiger partial charge in [0.1, 0.15) is 10.9 Å². The number of hydrogen-bond donors (Lipinski definition) is 2. The molecule has 0 aliphatic carbocycles. The SMILES string of the molecule is O=C(O)[C@H](Br)C[C@@H](C(=O)O)N1C(=O)c2ccccc2C1=O. The molecule has 0 spiro atoms. The van der Waals surface area contributed by atoms with Gasteiger partial charge in [0.2, 0.25) is 0 Å². The minimum atomic E-state index is -1.54. The molecule has 1 aliphatic heterocycles. The van der Waals surface area contributed by atoms with Crippen LogP contribution in [0, 0.1) is 0 Å². The molecule has 0 unspecified atom stereocenters. The first kappa shape index (κ1) is 15.2. The lowest BCUT2D eigenvalue weighted by Crippen LogP contribution is -2.46. The monoisotopic (exact) mass is 355 g/mol. The number of nitrogens with zero attached hydrogens (tertiary/aromatic N) is 1. The fourth-order valence-corrected chi connectivity index (χ4v) is 2.46. The van der Waals surface area contributed by atoms with Crippen molar-refractivity contribution in [3.05, 3.63) is 35.4 Å². The van der Waals surface area contributed by atoms with E-state index in [2.05, 4.69) is 15.9 Å². The molecular formula is C13H10BrNO6. The predicted octanol–water partition coefficient (Wildman–Crippen LogP) is 0.974. The summed E-state index contributed by atoms with van der Waals surface area (Å²) in [6.07, 6.45) is -0.421. The second-order valence-electron chi connectivity index (χ2n) is 4.42. The third kappa shape index (κ3) is 2.66. The smallest absolute Gasteiger partial charge is 0.327 e. The van der Waals surface area contributed by atoms with Gasteiger partial charge in [-0.05, 0) is 12.1 Å². The van der Waals surface area contributed by atoms with Gasteiger partial charge >= 0.3 is 11.9 Å². The van der Waals surface area contributed by atoms with Gasteiger partial charge in [-0.15, -0.1) is 0 Å². The Kier molecular flexibility index (Phi) is 4.08. The van der Waals surface area contributed by atoms with E-state index >= 15 is 0 Å². The number of halogens is 1. The highest BCUT2D eigenvalue weighted by Crippen LogP contribution is 2.27. The molecule has 0 aromatic heterocycles. The molecule has 2 N–H and O–H groups in total. The summed E-state index contributed by atoms with van der Waals surface area (Å²) >= 11 is 2.82. The summed E-state index contributed by atoms with van der Waals surface area (Å²) in [7, 11) is 0. The van der Waals surface area contributed by atoms with Crippen LogP contribution < -0.4 is 0 Å². The largest absolute Gasteiger partial charge is 0.480 e. The lowest BCUT2D eigenvalue weighted by Gasteiger charge is -2.23. The summed E-state index contributed by atoms with van der Waals surface area (Å²) < 4.78 is 0. The molecule has 0 bridgehead atoms. The first-order valence-corrected chi connectivity index (χ1v) is 6.82. The molecule has 1 aromatic rings. The van der Waals surface area contributed by atoms with Gasteiger partial charge < -0.3 is 10.2 Å². The van der Waals surface area contributed by atoms with E-state index in [1.807, 2.05) is 0 Å². The first-order valence-electron chi connectivity index (χ1n) is 5.91. The van der Waals surface area contributed by atoms with Crippen molar-refractivity contribution in [1.29, 1.82) is 0 Å². The molecule has 2 rings (SSSR count). The lowest BCUT2D eigenvalue weighted by molar-refractivity contribution is -0.142. The zero-order chi connectivity index (χ0) is 15.7. The van der Waals surface area contributed by atoms with E-state index in [-0.39, 0.29) is 11.1 Å². The number of carboxylic acid groups (broad SMARTS) is 2. The predicted molar refractivity (Wildman–Crippen MR) is 73.3 cm³/mol. The number of benzene rings is 1. The molecule has 110 valence electrons.